The van der Waals surface area contributed by atoms with Gasteiger partial charge in [-0.25, -0.2) is 0 Å². The SMILES string of the molecule is CC(C)Sc1nnc(N2C(N)=C(C#N)[C@H](c3ccc(-c4cccc(Cl)c4)o3)C3=C2CC(C)(C)CC3=O)s1. The van der Waals surface area contributed by atoms with Crippen LogP contribution < -0.4 is 10.6 Å². The summed E-state index contributed by atoms with van der Waals surface area (Å²) >= 11 is 9.19. The quantitative estimate of drug-likeness (QED) is 0.341. The Morgan fingerprint density at radius 2 is 2.05 bits per heavy atom. The second kappa shape index (κ2) is 9.67. The third-order valence-corrected chi connectivity index (χ3v) is 8.56. The summed E-state index contributed by atoms with van der Waals surface area (Å²) in [5.74, 6) is 0.604. The number of benzene rings is 1. The molecule has 37 heavy (non-hydrogen) atoms. The highest BCUT2D eigenvalue weighted by Gasteiger charge is 2.46. The van der Waals surface area contributed by atoms with Crippen LogP contribution in [0.15, 0.2) is 67.8 Å². The van der Waals surface area contributed by atoms with Crippen molar-refractivity contribution in [2.75, 3.05) is 4.90 Å². The monoisotopic (exact) mass is 551 g/mol. The molecule has 1 atom stereocenters. The first-order chi connectivity index (χ1) is 17.6. The number of carbonyl (C=O) groups is 1. The molecular formula is C27H26ClN5O2S2. The minimum atomic E-state index is -0.704. The van der Waals surface area contributed by atoms with Gasteiger partial charge in [0.1, 0.15) is 17.3 Å². The molecule has 0 saturated heterocycles. The summed E-state index contributed by atoms with van der Waals surface area (Å²) in [7, 11) is 0. The molecule has 0 fully saturated rings. The van der Waals surface area contributed by atoms with E-state index >= 15 is 0 Å². The maximum Gasteiger partial charge on any atom is 0.219 e. The van der Waals surface area contributed by atoms with Crippen LogP contribution in [0, 0.1) is 16.7 Å². The Bertz CT molecular complexity index is 1490. The van der Waals surface area contributed by atoms with Crippen LogP contribution in [0.25, 0.3) is 11.3 Å². The largest absolute Gasteiger partial charge is 0.460 e. The van der Waals surface area contributed by atoms with Crippen LogP contribution >= 0.6 is 34.7 Å². The topological polar surface area (TPSA) is 109 Å². The Hall–Kier alpha value is -3.06. The van der Waals surface area contributed by atoms with E-state index in [0.29, 0.717) is 45.3 Å². The molecule has 3 heterocycles. The van der Waals surface area contributed by atoms with Crippen LogP contribution in [0.5, 0.6) is 0 Å². The van der Waals surface area contributed by atoms with E-state index < -0.39 is 5.92 Å². The molecule has 0 bridgehead atoms. The molecule has 1 aliphatic heterocycles. The maximum absolute atomic E-state index is 13.7. The second-order valence-corrected chi connectivity index (χ2v) is 13.4. The lowest BCUT2D eigenvalue weighted by Gasteiger charge is -2.42. The number of hydrogen-bond donors (Lipinski definition) is 1. The molecule has 5 rings (SSSR count). The zero-order chi connectivity index (χ0) is 26.5. The van der Waals surface area contributed by atoms with Gasteiger partial charge in [0.2, 0.25) is 5.13 Å². The van der Waals surface area contributed by atoms with Gasteiger partial charge < -0.3 is 10.2 Å². The normalized spacial score (nSPS) is 19.4. The summed E-state index contributed by atoms with van der Waals surface area (Å²) in [5, 5.41) is 20.5. The van der Waals surface area contributed by atoms with E-state index in [0.717, 1.165) is 15.6 Å². The van der Waals surface area contributed by atoms with Crippen LogP contribution in [0.2, 0.25) is 5.02 Å². The van der Waals surface area contributed by atoms with Crippen molar-refractivity contribution in [3.8, 4) is 17.4 Å². The number of furan rings is 1. The van der Waals surface area contributed by atoms with Crippen LogP contribution in [0.4, 0.5) is 5.13 Å². The molecule has 7 nitrogen and oxygen atoms in total. The first-order valence-corrected chi connectivity index (χ1v) is 14.0. The van der Waals surface area contributed by atoms with E-state index in [4.69, 9.17) is 21.8 Å². The molecule has 10 heteroatoms. The number of nitrogens with two attached hydrogens (primary N) is 1. The molecule has 0 radical (unpaired) electrons. The number of Topliss-reactive ketones (excluding diaryl/α,β-unsaturated/α-hetero) is 1. The highest BCUT2D eigenvalue weighted by atomic mass is 35.5. The van der Waals surface area contributed by atoms with Crippen LogP contribution in [0.1, 0.15) is 52.2 Å². The van der Waals surface area contributed by atoms with Crippen LogP contribution in [-0.4, -0.2) is 21.2 Å². The summed E-state index contributed by atoms with van der Waals surface area (Å²) in [6.07, 6.45) is 0.958. The van der Waals surface area contributed by atoms with Crippen molar-refractivity contribution in [2.45, 2.75) is 56.0 Å². The Labute approximate surface area is 229 Å². The highest BCUT2D eigenvalue weighted by Crippen LogP contribution is 2.51. The van der Waals surface area contributed by atoms with Crippen molar-refractivity contribution < 1.29 is 9.21 Å². The summed E-state index contributed by atoms with van der Waals surface area (Å²) in [4.78, 5) is 15.4. The molecule has 0 unspecified atom stereocenters. The number of rotatable bonds is 5. The summed E-state index contributed by atoms with van der Waals surface area (Å²) in [6.45, 7) is 8.30. The van der Waals surface area contributed by atoms with E-state index in [1.807, 2.05) is 24.3 Å². The fraction of sp³-hybridized carbons (Fsp3) is 0.333. The number of ketones is 1. The molecule has 190 valence electrons. The van der Waals surface area contributed by atoms with Crippen molar-refractivity contribution in [3.05, 3.63) is 69.8 Å². The van der Waals surface area contributed by atoms with Gasteiger partial charge in [-0.3, -0.25) is 9.69 Å². The Morgan fingerprint density at radius 1 is 1.27 bits per heavy atom. The van der Waals surface area contributed by atoms with Gasteiger partial charge in [0.25, 0.3) is 0 Å². The first kappa shape index (κ1) is 25.6. The zero-order valence-corrected chi connectivity index (χ0v) is 23.3. The molecule has 2 aromatic heterocycles. The molecule has 2 aliphatic rings. The molecule has 1 aromatic carbocycles. The molecule has 3 aromatic rings. The predicted octanol–water partition coefficient (Wildman–Crippen LogP) is 6.89. The summed E-state index contributed by atoms with van der Waals surface area (Å²) < 4.78 is 7.05. The lowest BCUT2D eigenvalue weighted by Crippen LogP contribution is -2.42. The number of aromatic nitrogens is 2. The number of thioether (sulfide) groups is 1. The van der Waals surface area contributed by atoms with Crippen molar-refractivity contribution in [2.24, 2.45) is 11.1 Å². The van der Waals surface area contributed by atoms with E-state index in [1.54, 1.807) is 28.8 Å². The summed E-state index contributed by atoms with van der Waals surface area (Å²) in [6, 6.07) is 13.2. The minimum absolute atomic E-state index is 0.0245. The van der Waals surface area contributed by atoms with Gasteiger partial charge in [-0.05, 0) is 36.1 Å². The van der Waals surface area contributed by atoms with Crippen molar-refractivity contribution >= 4 is 45.6 Å². The average molecular weight is 552 g/mol. The van der Waals surface area contributed by atoms with E-state index in [9.17, 15) is 10.1 Å². The van der Waals surface area contributed by atoms with E-state index in [2.05, 4.69) is 44.0 Å². The third-order valence-electron chi connectivity index (χ3n) is 6.33. The number of nitriles is 1. The lowest BCUT2D eigenvalue weighted by atomic mass is 9.69. The molecule has 0 saturated carbocycles. The maximum atomic E-state index is 13.7. The van der Waals surface area contributed by atoms with Crippen molar-refractivity contribution in [1.29, 1.82) is 5.26 Å². The number of carbonyl (C=O) groups excluding carboxylic acids is 1. The van der Waals surface area contributed by atoms with Crippen molar-refractivity contribution in [1.82, 2.24) is 10.2 Å². The number of halogens is 1. The average Bonchev–Trinajstić information content (AvgIpc) is 3.47. The fourth-order valence-electron chi connectivity index (χ4n) is 4.86. The lowest BCUT2D eigenvalue weighted by molar-refractivity contribution is -0.118. The van der Waals surface area contributed by atoms with Gasteiger partial charge in [0, 0.05) is 33.5 Å². The van der Waals surface area contributed by atoms with Gasteiger partial charge in [-0.15, -0.1) is 10.2 Å². The Kier molecular flexibility index (Phi) is 6.69. The van der Waals surface area contributed by atoms with Crippen LogP contribution in [-0.2, 0) is 4.79 Å². The van der Waals surface area contributed by atoms with E-state index in [1.165, 1.54) is 11.3 Å². The van der Waals surface area contributed by atoms with E-state index in [-0.39, 0.29) is 22.6 Å². The summed E-state index contributed by atoms with van der Waals surface area (Å²) in [5.41, 5.74) is 8.76. The number of allylic oxidation sites excluding steroid dienone is 3. The first-order valence-electron chi connectivity index (χ1n) is 11.9. The Morgan fingerprint density at radius 3 is 2.76 bits per heavy atom. The van der Waals surface area contributed by atoms with Crippen molar-refractivity contribution in [3.63, 3.8) is 0 Å². The predicted molar refractivity (Wildman–Crippen MR) is 147 cm³/mol. The van der Waals surface area contributed by atoms with Gasteiger partial charge in [-0.2, -0.15) is 5.26 Å². The molecule has 2 N–H and O–H groups in total. The Balaban J connectivity index is 1.66. The number of hydrogen-bond acceptors (Lipinski definition) is 9. The number of nitrogens with zero attached hydrogens (tertiary/aromatic N) is 4. The smallest absolute Gasteiger partial charge is 0.219 e. The second-order valence-electron chi connectivity index (χ2n) is 10.2. The van der Waals surface area contributed by atoms with Gasteiger partial charge >= 0.3 is 0 Å². The highest BCUT2D eigenvalue weighted by molar-refractivity contribution is 8.01. The minimum Gasteiger partial charge on any atom is -0.460 e. The third kappa shape index (κ3) is 4.81. The van der Waals surface area contributed by atoms with Crippen LogP contribution in [0.3, 0.4) is 0 Å². The molecule has 0 spiro atoms. The van der Waals surface area contributed by atoms with Gasteiger partial charge in [0.15, 0.2) is 10.1 Å². The molecule has 1 aliphatic carbocycles. The van der Waals surface area contributed by atoms with Gasteiger partial charge in [-0.1, -0.05) is 74.5 Å². The van der Waals surface area contributed by atoms with Gasteiger partial charge in [0.05, 0.1) is 17.6 Å². The standard InChI is InChI=1S/C27H26ClN5O2S2/c1-14(2)36-26-32-31-25(37-26)33-18-11-27(3,4)12-19(34)23(18)22(17(13-29)24(33)30)21-9-8-20(35-21)15-6-5-7-16(28)10-15/h5-10,14,22H,11-12,30H2,1-4H3/t22-/m1/s1. The molecule has 0 amide bonds. The fourth-order valence-corrected chi connectivity index (χ4v) is 7.15. The zero-order valence-electron chi connectivity index (χ0n) is 20.9. The number of anilines is 1. The molecular weight excluding hydrogens is 526 g/mol.